The molecule has 0 saturated carbocycles. The van der Waals surface area contributed by atoms with Gasteiger partial charge in [0.25, 0.3) is 0 Å². The number of rotatable bonds is 7. The van der Waals surface area contributed by atoms with Gasteiger partial charge in [0.2, 0.25) is 0 Å². The van der Waals surface area contributed by atoms with Crippen LogP contribution in [0.25, 0.3) is 0 Å². The molecular weight excluding hydrogens is 394 g/mol. The number of hydrogen-bond acceptors (Lipinski definition) is 4. The van der Waals surface area contributed by atoms with Crippen molar-refractivity contribution in [3.8, 4) is 5.75 Å². The van der Waals surface area contributed by atoms with Crippen LogP contribution in [0.15, 0.2) is 71.1 Å². The standard InChI is InChI=1S/C21H20ClN3O4/c22-16-6-4-5-15(13-16)11-12-23-21(27)25-24-20(26)19-10-9-18(29-19)14-28-17-7-2-1-3-8-17/h1-10,13H,11-12,14H2,(H,24,26)(H2,23,25,27). The zero-order valence-electron chi connectivity index (χ0n) is 15.5. The molecule has 29 heavy (non-hydrogen) atoms. The van der Waals surface area contributed by atoms with Crippen LogP contribution in [0.3, 0.4) is 0 Å². The number of carbonyl (C=O) groups is 2. The number of amides is 3. The minimum Gasteiger partial charge on any atom is -0.486 e. The van der Waals surface area contributed by atoms with Gasteiger partial charge in [0.05, 0.1) is 0 Å². The molecule has 0 aliphatic carbocycles. The van der Waals surface area contributed by atoms with Crippen molar-refractivity contribution >= 4 is 23.5 Å². The van der Waals surface area contributed by atoms with E-state index in [1.165, 1.54) is 6.07 Å². The molecule has 2 aromatic carbocycles. The summed E-state index contributed by atoms with van der Waals surface area (Å²) in [6.45, 7) is 0.582. The Balaban J connectivity index is 1.37. The molecule has 7 nitrogen and oxygen atoms in total. The summed E-state index contributed by atoms with van der Waals surface area (Å²) in [5, 5.41) is 3.29. The van der Waals surface area contributed by atoms with E-state index in [1.807, 2.05) is 48.5 Å². The number of benzene rings is 2. The molecule has 0 aliphatic heterocycles. The molecule has 150 valence electrons. The Hall–Kier alpha value is -3.45. The molecule has 0 atom stereocenters. The molecule has 3 aromatic rings. The lowest BCUT2D eigenvalue weighted by molar-refractivity contribution is 0.0904. The van der Waals surface area contributed by atoms with Crippen molar-refractivity contribution in [3.63, 3.8) is 0 Å². The molecule has 0 saturated heterocycles. The number of halogens is 1. The summed E-state index contributed by atoms with van der Waals surface area (Å²) in [5.41, 5.74) is 5.57. The number of urea groups is 1. The lowest BCUT2D eigenvalue weighted by Gasteiger charge is -2.08. The third-order valence-electron chi connectivity index (χ3n) is 3.89. The highest BCUT2D eigenvalue weighted by Crippen LogP contribution is 2.14. The fourth-order valence-electron chi connectivity index (χ4n) is 2.48. The molecule has 8 heteroatoms. The Bertz CT molecular complexity index is 959. The van der Waals surface area contributed by atoms with Crippen LogP contribution in [0.4, 0.5) is 4.79 Å². The van der Waals surface area contributed by atoms with Gasteiger partial charge in [-0.05, 0) is 48.4 Å². The highest BCUT2D eigenvalue weighted by molar-refractivity contribution is 6.30. The van der Waals surface area contributed by atoms with E-state index in [0.717, 1.165) is 5.56 Å². The van der Waals surface area contributed by atoms with Crippen LogP contribution >= 0.6 is 11.6 Å². The number of para-hydroxylation sites is 1. The average molecular weight is 414 g/mol. The van der Waals surface area contributed by atoms with E-state index in [0.29, 0.717) is 29.5 Å². The number of nitrogens with one attached hydrogen (secondary N) is 3. The number of furan rings is 1. The van der Waals surface area contributed by atoms with Crippen molar-refractivity contribution in [2.75, 3.05) is 6.54 Å². The molecule has 0 spiro atoms. The van der Waals surface area contributed by atoms with Crippen molar-refractivity contribution in [1.82, 2.24) is 16.2 Å². The maximum absolute atomic E-state index is 12.1. The summed E-state index contributed by atoms with van der Waals surface area (Å²) in [4.78, 5) is 23.9. The van der Waals surface area contributed by atoms with Crippen LogP contribution in [0.1, 0.15) is 21.9 Å². The number of ether oxygens (including phenoxy) is 1. The first-order valence-corrected chi connectivity index (χ1v) is 9.33. The van der Waals surface area contributed by atoms with Crippen LogP contribution in [0.2, 0.25) is 5.02 Å². The Morgan fingerprint density at radius 1 is 0.966 bits per heavy atom. The topological polar surface area (TPSA) is 92.6 Å². The first kappa shape index (κ1) is 20.3. The first-order valence-electron chi connectivity index (χ1n) is 8.95. The summed E-state index contributed by atoms with van der Waals surface area (Å²) < 4.78 is 11.0. The van der Waals surface area contributed by atoms with E-state index >= 15 is 0 Å². The Morgan fingerprint density at radius 2 is 1.79 bits per heavy atom. The van der Waals surface area contributed by atoms with Crippen LogP contribution in [0.5, 0.6) is 5.75 Å². The third kappa shape index (κ3) is 6.58. The molecule has 1 heterocycles. The van der Waals surface area contributed by atoms with Gasteiger partial charge in [-0.15, -0.1) is 0 Å². The zero-order chi connectivity index (χ0) is 20.5. The lowest BCUT2D eigenvalue weighted by atomic mass is 10.1. The van der Waals surface area contributed by atoms with E-state index in [9.17, 15) is 9.59 Å². The van der Waals surface area contributed by atoms with E-state index in [1.54, 1.807) is 12.1 Å². The van der Waals surface area contributed by atoms with Gasteiger partial charge in [-0.2, -0.15) is 0 Å². The molecule has 0 radical (unpaired) electrons. The van der Waals surface area contributed by atoms with Gasteiger partial charge in [-0.25, -0.2) is 10.2 Å². The summed E-state index contributed by atoms with van der Waals surface area (Å²) in [6.07, 6.45) is 0.616. The van der Waals surface area contributed by atoms with E-state index < -0.39 is 11.9 Å². The predicted molar refractivity (Wildman–Crippen MR) is 109 cm³/mol. The minimum atomic E-state index is -0.569. The summed E-state index contributed by atoms with van der Waals surface area (Å²) in [5.74, 6) is 0.688. The quantitative estimate of drug-likeness (QED) is 0.515. The highest BCUT2D eigenvalue weighted by atomic mass is 35.5. The van der Waals surface area contributed by atoms with Crippen molar-refractivity contribution < 1.29 is 18.7 Å². The molecule has 3 N–H and O–H groups in total. The largest absolute Gasteiger partial charge is 0.486 e. The average Bonchev–Trinajstić information content (AvgIpc) is 3.20. The molecular formula is C21H20ClN3O4. The molecule has 1 aromatic heterocycles. The predicted octanol–water partition coefficient (Wildman–Crippen LogP) is 3.70. The summed E-state index contributed by atoms with van der Waals surface area (Å²) in [7, 11) is 0. The molecule has 0 aliphatic rings. The first-order chi connectivity index (χ1) is 14.1. The number of hydrazine groups is 1. The van der Waals surface area contributed by atoms with Crippen molar-refractivity contribution in [1.29, 1.82) is 0 Å². The minimum absolute atomic E-state index is 0.0656. The smallest absolute Gasteiger partial charge is 0.333 e. The van der Waals surface area contributed by atoms with Crippen LogP contribution in [-0.2, 0) is 13.0 Å². The van der Waals surface area contributed by atoms with Gasteiger partial charge in [-0.3, -0.25) is 10.2 Å². The van der Waals surface area contributed by atoms with Crippen LogP contribution in [0, 0.1) is 0 Å². The maximum atomic E-state index is 12.1. The molecule has 3 rings (SSSR count). The Kier molecular flexibility index (Phi) is 7.13. The summed E-state index contributed by atoms with van der Waals surface area (Å²) in [6, 6.07) is 19.3. The molecule has 3 amide bonds. The van der Waals surface area contributed by atoms with Crippen molar-refractivity contribution in [3.05, 3.63) is 88.8 Å². The molecule has 0 unspecified atom stereocenters. The van der Waals surface area contributed by atoms with Gasteiger partial charge in [0.15, 0.2) is 5.76 Å². The highest BCUT2D eigenvalue weighted by Gasteiger charge is 2.12. The normalized spacial score (nSPS) is 10.2. The second kappa shape index (κ2) is 10.2. The van der Waals surface area contributed by atoms with Crippen LogP contribution < -0.4 is 20.9 Å². The van der Waals surface area contributed by atoms with Gasteiger partial charge >= 0.3 is 11.9 Å². The fraction of sp³-hybridized carbons (Fsp3) is 0.143. The third-order valence-corrected chi connectivity index (χ3v) is 4.12. The van der Waals surface area contributed by atoms with Crippen LogP contribution in [-0.4, -0.2) is 18.5 Å². The van der Waals surface area contributed by atoms with Gasteiger partial charge in [-0.1, -0.05) is 41.9 Å². The summed E-state index contributed by atoms with van der Waals surface area (Å²) >= 11 is 5.92. The maximum Gasteiger partial charge on any atom is 0.333 e. The second-order valence-electron chi connectivity index (χ2n) is 6.08. The number of carbonyl (C=O) groups excluding carboxylic acids is 2. The Labute approximate surface area is 173 Å². The fourth-order valence-corrected chi connectivity index (χ4v) is 2.69. The SMILES string of the molecule is O=C(NCCc1cccc(Cl)c1)NNC(=O)c1ccc(COc2ccccc2)o1. The Morgan fingerprint density at radius 3 is 2.59 bits per heavy atom. The monoisotopic (exact) mass is 413 g/mol. The van der Waals surface area contributed by atoms with Gasteiger partial charge in [0, 0.05) is 11.6 Å². The lowest BCUT2D eigenvalue weighted by Crippen LogP contribution is -2.47. The zero-order valence-corrected chi connectivity index (χ0v) is 16.2. The van der Waals surface area contributed by atoms with Crippen molar-refractivity contribution in [2.45, 2.75) is 13.0 Å². The number of hydrogen-bond donors (Lipinski definition) is 3. The molecule has 0 bridgehead atoms. The van der Waals surface area contributed by atoms with Crippen molar-refractivity contribution in [2.24, 2.45) is 0 Å². The van der Waals surface area contributed by atoms with Gasteiger partial charge in [0.1, 0.15) is 18.1 Å². The second-order valence-corrected chi connectivity index (χ2v) is 6.52. The van der Waals surface area contributed by atoms with Gasteiger partial charge < -0.3 is 14.5 Å². The van der Waals surface area contributed by atoms with E-state index in [2.05, 4.69) is 16.2 Å². The van der Waals surface area contributed by atoms with E-state index in [-0.39, 0.29) is 12.4 Å². The molecule has 0 fully saturated rings. The van der Waals surface area contributed by atoms with E-state index in [4.69, 9.17) is 20.8 Å².